The van der Waals surface area contributed by atoms with Crippen LogP contribution in [0.1, 0.15) is 10.4 Å². The number of carbonyl (C=O) groups is 1. The van der Waals surface area contributed by atoms with Crippen molar-refractivity contribution in [1.82, 2.24) is 9.97 Å². The highest BCUT2D eigenvalue weighted by molar-refractivity contribution is 5.96. The van der Waals surface area contributed by atoms with Crippen LogP contribution in [0.2, 0.25) is 0 Å². The zero-order chi connectivity index (χ0) is 9.14. The Morgan fingerprint density at radius 2 is 2.33 bits per heavy atom. The third-order valence-corrected chi connectivity index (χ3v) is 1.24. The van der Waals surface area contributed by atoms with E-state index in [1.54, 1.807) is 0 Å². The molecule has 0 saturated carbocycles. The van der Waals surface area contributed by atoms with Crippen LogP contribution in [0.4, 0.5) is 5.82 Å². The van der Waals surface area contributed by atoms with E-state index in [1.165, 1.54) is 13.3 Å². The van der Waals surface area contributed by atoms with E-state index in [0.29, 0.717) is 0 Å². The minimum Gasteiger partial charge on any atom is -0.467 e. The van der Waals surface area contributed by atoms with Gasteiger partial charge in [-0.3, -0.25) is 4.79 Å². The van der Waals surface area contributed by atoms with Gasteiger partial charge in [0.25, 0.3) is 5.91 Å². The Kier molecular flexibility index (Phi) is 2.09. The lowest BCUT2D eigenvalue weighted by Gasteiger charge is -2.01. The number of nitrogens with two attached hydrogens (primary N) is 2. The fraction of sp³-hybridized carbons (Fsp3) is 0.167. The molecule has 1 aromatic heterocycles. The van der Waals surface area contributed by atoms with E-state index in [2.05, 4.69) is 14.7 Å². The van der Waals surface area contributed by atoms with Crippen molar-refractivity contribution in [3.8, 4) is 6.01 Å². The fourth-order valence-corrected chi connectivity index (χ4v) is 0.666. The first kappa shape index (κ1) is 8.25. The second-order valence-electron chi connectivity index (χ2n) is 2.02. The lowest BCUT2D eigenvalue weighted by Crippen LogP contribution is -2.15. The standard InChI is InChI=1S/C6H8N4O2/c1-12-6-9-2-3(5(8)11)4(7)10-6/h2H,1H3,(H2,8,11)(H2,7,9,10). The van der Waals surface area contributed by atoms with E-state index in [4.69, 9.17) is 11.5 Å². The Morgan fingerprint density at radius 1 is 1.67 bits per heavy atom. The van der Waals surface area contributed by atoms with Crippen molar-refractivity contribution in [2.24, 2.45) is 5.73 Å². The molecule has 6 nitrogen and oxygen atoms in total. The predicted octanol–water partition coefficient (Wildman–Crippen LogP) is -0.834. The molecule has 0 unspecified atom stereocenters. The van der Waals surface area contributed by atoms with E-state index in [0.717, 1.165) is 0 Å². The van der Waals surface area contributed by atoms with Crippen molar-refractivity contribution in [2.45, 2.75) is 0 Å². The maximum absolute atomic E-state index is 10.6. The molecule has 0 aliphatic carbocycles. The van der Waals surface area contributed by atoms with Gasteiger partial charge in [-0.1, -0.05) is 0 Å². The number of amides is 1. The molecule has 6 heteroatoms. The van der Waals surface area contributed by atoms with E-state index >= 15 is 0 Å². The van der Waals surface area contributed by atoms with Crippen molar-refractivity contribution < 1.29 is 9.53 Å². The number of hydrogen-bond acceptors (Lipinski definition) is 5. The van der Waals surface area contributed by atoms with Crippen LogP contribution in [-0.2, 0) is 0 Å². The Balaban J connectivity index is 3.12. The average molecular weight is 168 g/mol. The first-order chi connectivity index (χ1) is 5.65. The predicted molar refractivity (Wildman–Crippen MR) is 41.5 cm³/mol. The molecule has 1 rings (SSSR count). The molecule has 0 aliphatic heterocycles. The largest absolute Gasteiger partial charge is 0.467 e. The van der Waals surface area contributed by atoms with Crippen molar-refractivity contribution in [1.29, 1.82) is 0 Å². The zero-order valence-electron chi connectivity index (χ0n) is 6.44. The summed E-state index contributed by atoms with van der Waals surface area (Å²) >= 11 is 0. The zero-order valence-corrected chi connectivity index (χ0v) is 6.44. The van der Waals surface area contributed by atoms with Gasteiger partial charge in [-0.25, -0.2) is 4.98 Å². The number of carbonyl (C=O) groups excluding carboxylic acids is 1. The first-order valence-corrected chi connectivity index (χ1v) is 3.11. The highest BCUT2D eigenvalue weighted by atomic mass is 16.5. The van der Waals surface area contributed by atoms with Crippen LogP contribution in [0.15, 0.2) is 6.20 Å². The minimum atomic E-state index is -0.657. The van der Waals surface area contributed by atoms with Gasteiger partial charge >= 0.3 is 6.01 Å². The molecule has 0 spiro atoms. The van der Waals surface area contributed by atoms with E-state index in [1.807, 2.05) is 0 Å². The highest BCUT2D eigenvalue weighted by Crippen LogP contribution is 2.09. The summed E-state index contributed by atoms with van der Waals surface area (Å²) in [5.41, 5.74) is 10.4. The molecule has 1 amide bonds. The molecule has 0 aliphatic rings. The number of ether oxygens (including phenoxy) is 1. The summed E-state index contributed by atoms with van der Waals surface area (Å²) in [7, 11) is 1.40. The Hall–Kier alpha value is -1.85. The van der Waals surface area contributed by atoms with Gasteiger partial charge < -0.3 is 16.2 Å². The molecular weight excluding hydrogens is 160 g/mol. The van der Waals surface area contributed by atoms with E-state index in [-0.39, 0.29) is 17.4 Å². The molecule has 0 saturated heterocycles. The van der Waals surface area contributed by atoms with Gasteiger partial charge in [0.1, 0.15) is 5.82 Å². The van der Waals surface area contributed by atoms with E-state index < -0.39 is 5.91 Å². The maximum atomic E-state index is 10.6. The van der Waals surface area contributed by atoms with Gasteiger partial charge in [0.2, 0.25) is 0 Å². The summed E-state index contributed by atoms with van der Waals surface area (Å²) in [6.07, 6.45) is 1.23. The quantitative estimate of drug-likeness (QED) is 0.599. The third kappa shape index (κ3) is 1.42. The number of rotatable bonds is 2. The topological polar surface area (TPSA) is 104 Å². The van der Waals surface area contributed by atoms with Crippen molar-refractivity contribution in [3.63, 3.8) is 0 Å². The summed E-state index contributed by atoms with van der Waals surface area (Å²) in [5, 5.41) is 0. The van der Waals surface area contributed by atoms with Gasteiger partial charge in [0.05, 0.1) is 12.7 Å². The first-order valence-electron chi connectivity index (χ1n) is 3.11. The minimum absolute atomic E-state index is 0.0225. The van der Waals surface area contributed by atoms with Crippen molar-refractivity contribution >= 4 is 11.7 Å². The summed E-state index contributed by atoms with van der Waals surface area (Å²) in [5.74, 6) is -0.635. The van der Waals surface area contributed by atoms with Crippen LogP contribution in [0, 0.1) is 0 Å². The van der Waals surface area contributed by atoms with Crippen LogP contribution in [0.3, 0.4) is 0 Å². The summed E-state index contributed by atoms with van der Waals surface area (Å²) in [6, 6.07) is 0.109. The second kappa shape index (κ2) is 3.04. The Labute approximate surface area is 68.6 Å². The van der Waals surface area contributed by atoms with Crippen molar-refractivity contribution in [2.75, 3.05) is 12.8 Å². The monoisotopic (exact) mass is 168 g/mol. The number of nitrogen functional groups attached to an aromatic ring is 1. The summed E-state index contributed by atoms with van der Waals surface area (Å²) < 4.78 is 4.68. The Morgan fingerprint density at radius 3 is 2.75 bits per heavy atom. The van der Waals surface area contributed by atoms with Crippen molar-refractivity contribution in [3.05, 3.63) is 11.8 Å². The van der Waals surface area contributed by atoms with Crippen LogP contribution in [0.25, 0.3) is 0 Å². The van der Waals surface area contributed by atoms with Gasteiger partial charge in [0, 0.05) is 6.20 Å². The maximum Gasteiger partial charge on any atom is 0.318 e. The second-order valence-corrected chi connectivity index (χ2v) is 2.02. The molecule has 64 valence electrons. The Bertz CT molecular complexity index is 312. The van der Waals surface area contributed by atoms with Gasteiger partial charge in [0.15, 0.2) is 0 Å². The molecule has 0 aromatic carbocycles. The highest BCUT2D eigenvalue weighted by Gasteiger charge is 2.08. The smallest absolute Gasteiger partial charge is 0.318 e. The van der Waals surface area contributed by atoms with Gasteiger partial charge in [-0.05, 0) is 0 Å². The number of anilines is 1. The molecule has 1 heterocycles. The third-order valence-electron chi connectivity index (χ3n) is 1.24. The summed E-state index contributed by atoms with van der Waals surface area (Å²) in [6.45, 7) is 0. The van der Waals surface area contributed by atoms with E-state index in [9.17, 15) is 4.79 Å². The lowest BCUT2D eigenvalue weighted by atomic mass is 10.3. The molecule has 0 atom stereocenters. The lowest BCUT2D eigenvalue weighted by molar-refractivity contribution is 0.100. The number of aromatic nitrogens is 2. The SMILES string of the molecule is COc1ncc(C(N)=O)c(N)n1. The molecule has 0 radical (unpaired) electrons. The van der Waals surface area contributed by atoms with Crippen LogP contribution < -0.4 is 16.2 Å². The number of primary amides is 1. The molecule has 4 N–H and O–H groups in total. The number of hydrogen-bond donors (Lipinski definition) is 2. The number of methoxy groups -OCH3 is 1. The van der Waals surface area contributed by atoms with Crippen LogP contribution in [0.5, 0.6) is 6.01 Å². The average Bonchev–Trinajstić information content (AvgIpc) is 2.03. The summed E-state index contributed by atoms with van der Waals surface area (Å²) in [4.78, 5) is 18.0. The van der Waals surface area contributed by atoms with Crippen LogP contribution in [-0.4, -0.2) is 23.0 Å². The van der Waals surface area contributed by atoms with Crippen LogP contribution >= 0.6 is 0 Å². The molecule has 0 fully saturated rings. The van der Waals surface area contributed by atoms with Gasteiger partial charge in [-0.15, -0.1) is 0 Å². The molecule has 1 aromatic rings. The molecule has 0 bridgehead atoms. The fourth-order valence-electron chi connectivity index (χ4n) is 0.666. The van der Waals surface area contributed by atoms with Gasteiger partial charge in [-0.2, -0.15) is 4.98 Å². The molecular formula is C6H8N4O2. The normalized spacial score (nSPS) is 9.42. The molecule has 12 heavy (non-hydrogen) atoms. The number of nitrogens with zero attached hydrogens (tertiary/aromatic N) is 2.